The number of alkyl halides is 3. The number of aliphatic imine (C=N–C) groups is 1. The van der Waals surface area contributed by atoms with Crippen LogP contribution in [0.15, 0.2) is 53.8 Å². The van der Waals surface area contributed by atoms with Crippen LogP contribution in [0.25, 0.3) is 0 Å². The maximum atomic E-state index is 12.9. The van der Waals surface area contributed by atoms with Crippen molar-refractivity contribution in [3.63, 3.8) is 0 Å². The van der Waals surface area contributed by atoms with Gasteiger partial charge in [0, 0.05) is 25.5 Å². The first-order valence-corrected chi connectivity index (χ1v) is 9.58. The van der Waals surface area contributed by atoms with Crippen molar-refractivity contribution in [1.82, 2.24) is 15.6 Å². The lowest BCUT2D eigenvalue weighted by atomic mass is 9.96. The number of hydrogen-bond donors (Lipinski definition) is 3. The van der Waals surface area contributed by atoms with Gasteiger partial charge in [0.25, 0.3) is 0 Å². The molecule has 0 fully saturated rings. The third-order valence-electron chi connectivity index (χ3n) is 4.51. The average molecular weight is 408 g/mol. The highest BCUT2D eigenvalue weighted by atomic mass is 19.4. The summed E-state index contributed by atoms with van der Waals surface area (Å²) in [5.74, 6) is 0.506. The summed E-state index contributed by atoms with van der Waals surface area (Å²) < 4.78 is 38.7. The van der Waals surface area contributed by atoms with Crippen LogP contribution in [0.1, 0.15) is 49.0 Å². The number of rotatable bonds is 8. The van der Waals surface area contributed by atoms with E-state index in [1.54, 1.807) is 30.6 Å². The van der Waals surface area contributed by atoms with Gasteiger partial charge in [-0.2, -0.15) is 13.2 Å². The van der Waals surface area contributed by atoms with E-state index in [4.69, 9.17) is 0 Å². The van der Waals surface area contributed by atoms with Crippen LogP contribution in [0, 0.1) is 0 Å². The predicted octanol–water partition coefficient (Wildman–Crippen LogP) is 3.88. The van der Waals surface area contributed by atoms with E-state index < -0.39 is 17.8 Å². The first-order valence-electron chi connectivity index (χ1n) is 9.58. The Morgan fingerprint density at radius 1 is 1.14 bits per heavy atom. The number of aliphatic hydroxyl groups excluding tert-OH is 1. The second-order valence-electron chi connectivity index (χ2n) is 6.76. The summed E-state index contributed by atoms with van der Waals surface area (Å²) in [4.78, 5) is 8.30. The van der Waals surface area contributed by atoms with Crippen LogP contribution in [0.5, 0.6) is 0 Å². The van der Waals surface area contributed by atoms with E-state index in [0.717, 1.165) is 11.6 Å². The summed E-state index contributed by atoms with van der Waals surface area (Å²) >= 11 is 0. The van der Waals surface area contributed by atoms with Crippen LogP contribution in [-0.4, -0.2) is 35.7 Å². The molecule has 1 aromatic carbocycles. The van der Waals surface area contributed by atoms with Crippen molar-refractivity contribution < 1.29 is 18.3 Å². The van der Waals surface area contributed by atoms with Crippen molar-refractivity contribution in [1.29, 1.82) is 0 Å². The minimum atomic E-state index is -4.34. The van der Waals surface area contributed by atoms with E-state index in [9.17, 15) is 18.3 Å². The number of nitrogens with zero attached hydrogens (tertiary/aromatic N) is 2. The number of halogens is 3. The van der Waals surface area contributed by atoms with Crippen LogP contribution in [0.2, 0.25) is 0 Å². The molecule has 1 aromatic heterocycles. The van der Waals surface area contributed by atoms with Crippen LogP contribution >= 0.6 is 0 Å². The van der Waals surface area contributed by atoms with Gasteiger partial charge in [0.15, 0.2) is 5.96 Å². The molecule has 2 rings (SSSR count). The highest BCUT2D eigenvalue weighted by Gasteiger charge is 2.30. The van der Waals surface area contributed by atoms with Gasteiger partial charge < -0.3 is 15.7 Å². The van der Waals surface area contributed by atoms with Gasteiger partial charge in [-0.15, -0.1) is 0 Å². The standard InChI is InChI=1S/C21H27F3N4O/c1-3-26-20(28-14-19(29)16-8-10-25-11-9-16)27-12-7-15(2)17-5-4-6-18(13-17)21(22,23)24/h4-6,8-11,13,15,19,29H,3,7,12,14H2,1-2H3,(H2,26,27,28). The monoisotopic (exact) mass is 408 g/mol. The normalized spacial score (nSPS) is 14.3. The molecule has 1 heterocycles. The molecule has 0 bridgehead atoms. The number of aromatic nitrogens is 1. The molecule has 0 amide bonds. The molecule has 0 spiro atoms. The third kappa shape index (κ3) is 7.38. The topological polar surface area (TPSA) is 69.5 Å². The van der Waals surface area contributed by atoms with E-state index >= 15 is 0 Å². The Morgan fingerprint density at radius 3 is 2.52 bits per heavy atom. The average Bonchev–Trinajstić information content (AvgIpc) is 2.71. The Bertz CT molecular complexity index is 781. The van der Waals surface area contributed by atoms with Crippen molar-refractivity contribution in [3.05, 3.63) is 65.5 Å². The fourth-order valence-electron chi connectivity index (χ4n) is 2.81. The lowest BCUT2D eigenvalue weighted by molar-refractivity contribution is -0.137. The van der Waals surface area contributed by atoms with E-state index in [1.807, 2.05) is 13.8 Å². The van der Waals surface area contributed by atoms with Crippen molar-refractivity contribution in [2.24, 2.45) is 4.99 Å². The molecule has 0 saturated heterocycles. The molecular weight excluding hydrogens is 381 g/mol. The number of aliphatic hydroxyl groups is 1. The van der Waals surface area contributed by atoms with E-state index in [-0.39, 0.29) is 12.5 Å². The van der Waals surface area contributed by atoms with E-state index in [0.29, 0.717) is 31.0 Å². The molecule has 2 unspecified atom stereocenters. The van der Waals surface area contributed by atoms with Crippen molar-refractivity contribution in [2.75, 3.05) is 19.6 Å². The summed E-state index contributed by atoms with van der Waals surface area (Å²) in [5.41, 5.74) is 0.754. The molecule has 0 aliphatic carbocycles. The Balaban J connectivity index is 1.90. The van der Waals surface area contributed by atoms with Gasteiger partial charge in [-0.3, -0.25) is 9.98 Å². The Kier molecular flexibility index (Phi) is 8.45. The first kappa shape index (κ1) is 22.7. The summed E-state index contributed by atoms with van der Waals surface area (Å²) in [6, 6.07) is 8.90. The fourth-order valence-corrected chi connectivity index (χ4v) is 2.81. The van der Waals surface area contributed by atoms with Crippen LogP contribution in [0.4, 0.5) is 13.2 Å². The zero-order valence-electron chi connectivity index (χ0n) is 16.6. The minimum Gasteiger partial charge on any atom is -0.386 e. The van der Waals surface area contributed by atoms with Crippen molar-refractivity contribution >= 4 is 5.96 Å². The largest absolute Gasteiger partial charge is 0.416 e. The maximum Gasteiger partial charge on any atom is 0.416 e. The Hall–Kier alpha value is -2.61. The van der Waals surface area contributed by atoms with Gasteiger partial charge in [-0.05, 0) is 48.6 Å². The van der Waals surface area contributed by atoms with Gasteiger partial charge in [-0.25, -0.2) is 0 Å². The highest BCUT2D eigenvalue weighted by molar-refractivity contribution is 5.79. The van der Waals surface area contributed by atoms with Crippen molar-refractivity contribution in [2.45, 2.75) is 38.5 Å². The molecule has 5 nitrogen and oxygen atoms in total. The number of guanidine groups is 1. The van der Waals surface area contributed by atoms with Crippen LogP contribution < -0.4 is 10.6 Å². The maximum absolute atomic E-state index is 12.9. The Morgan fingerprint density at radius 2 is 1.86 bits per heavy atom. The molecule has 2 aromatic rings. The van der Waals surface area contributed by atoms with E-state index in [2.05, 4.69) is 20.6 Å². The number of hydrogen-bond acceptors (Lipinski definition) is 3. The summed E-state index contributed by atoms with van der Waals surface area (Å²) in [7, 11) is 0. The van der Waals surface area contributed by atoms with Gasteiger partial charge in [0.2, 0.25) is 0 Å². The zero-order valence-corrected chi connectivity index (χ0v) is 16.6. The lowest BCUT2D eigenvalue weighted by Gasteiger charge is -2.17. The molecule has 29 heavy (non-hydrogen) atoms. The predicted molar refractivity (Wildman–Crippen MR) is 108 cm³/mol. The van der Waals surface area contributed by atoms with Gasteiger partial charge in [-0.1, -0.05) is 25.1 Å². The van der Waals surface area contributed by atoms with E-state index in [1.165, 1.54) is 12.1 Å². The number of pyridine rings is 1. The number of nitrogens with one attached hydrogen (secondary N) is 2. The fraction of sp³-hybridized carbons (Fsp3) is 0.429. The second kappa shape index (κ2) is 10.8. The molecule has 0 aliphatic rings. The Labute approximate surface area is 169 Å². The molecule has 158 valence electrons. The zero-order chi connectivity index (χ0) is 21.3. The lowest BCUT2D eigenvalue weighted by Crippen LogP contribution is -2.38. The summed E-state index contributed by atoms with van der Waals surface area (Å²) in [5, 5.41) is 16.5. The summed E-state index contributed by atoms with van der Waals surface area (Å²) in [6.45, 7) is 5.20. The second-order valence-corrected chi connectivity index (χ2v) is 6.76. The van der Waals surface area contributed by atoms with Gasteiger partial charge in [0.1, 0.15) is 0 Å². The van der Waals surface area contributed by atoms with Gasteiger partial charge >= 0.3 is 6.18 Å². The minimum absolute atomic E-state index is 0.0462. The smallest absolute Gasteiger partial charge is 0.386 e. The summed E-state index contributed by atoms with van der Waals surface area (Å²) in [6.07, 6.45) is -1.22. The highest BCUT2D eigenvalue weighted by Crippen LogP contribution is 2.31. The first-order chi connectivity index (χ1) is 13.8. The third-order valence-corrected chi connectivity index (χ3v) is 4.51. The molecule has 8 heteroatoms. The van der Waals surface area contributed by atoms with Gasteiger partial charge in [0.05, 0.1) is 18.2 Å². The number of benzene rings is 1. The van der Waals surface area contributed by atoms with Crippen molar-refractivity contribution in [3.8, 4) is 0 Å². The van der Waals surface area contributed by atoms with Crippen LogP contribution in [-0.2, 0) is 6.18 Å². The molecule has 0 aliphatic heterocycles. The van der Waals surface area contributed by atoms with Crippen LogP contribution in [0.3, 0.4) is 0 Å². The molecular formula is C21H27F3N4O. The molecule has 2 atom stereocenters. The quantitative estimate of drug-likeness (QED) is 0.458. The molecule has 0 radical (unpaired) electrons. The molecule has 3 N–H and O–H groups in total. The SMILES string of the molecule is CCNC(=NCC(O)c1ccncc1)NCCC(C)c1cccc(C(F)(F)F)c1. The molecule has 0 saturated carbocycles.